The fraction of sp³-hybridized carbons (Fsp3) is 0.111. The van der Waals surface area contributed by atoms with Crippen molar-refractivity contribution in [2.45, 2.75) is 0 Å². The first kappa shape index (κ1) is 11.1. The van der Waals surface area contributed by atoms with Crippen LogP contribution < -0.4 is 0 Å². The van der Waals surface area contributed by atoms with Crippen LogP contribution >= 0.6 is 7.60 Å². The quantitative estimate of drug-likeness (QED) is 0.458. The second-order valence-electron chi connectivity index (χ2n) is 2.71. The first-order valence-electron chi connectivity index (χ1n) is 4.00. The monoisotopic (exact) mass is 214 g/mol. The molecule has 0 fully saturated rings. The molecule has 0 saturated carbocycles. The smallest absolute Gasteiger partial charge is 0.323 e. The maximum absolute atomic E-state index is 10.8. The molecular formula is C9H11O4P. The Kier molecular flexibility index (Phi) is 4.04. The highest BCUT2D eigenvalue weighted by Crippen LogP contribution is 2.40. The van der Waals surface area contributed by atoms with E-state index >= 15 is 0 Å². The molecule has 4 nitrogen and oxygen atoms in total. The molecule has 0 saturated heterocycles. The summed E-state index contributed by atoms with van der Waals surface area (Å²) < 4.78 is 14.2. The van der Waals surface area contributed by atoms with Crippen molar-refractivity contribution in [3.05, 3.63) is 42.0 Å². The van der Waals surface area contributed by atoms with E-state index in [1.807, 2.05) is 30.3 Å². The van der Waals surface area contributed by atoms with Gasteiger partial charge in [0.25, 0.3) is 0 Å². The highest BCUT2D eigenvalue weighted by Gasteiger charge is 2.15. The van der Waals surface area contributed by atoms with E-state index in [4.69, 9.17) is 10.2 Å². The van der Waals surface area contributed by atoms with Gasteiger partial charge in [-0.15, -0.1) is 0 Å². The summed E-state index contributed by atoms with van der Waals surface area (Å²) >= 11 is 0. The van der Waals surface area contributed by atoms with Crippen LogP contribution in [-0.4, -0.2) is 16.3 Å². The van der Waals surface area contributed by atoms with Crippen LogP contribution in [0.4, 0.5) is 0 Å². The van der Waals surface area contributed by atoms with Crippen LogP contribution in [0.1, 0.15) is 5.56 Å². The van der Waals surface area contributed by atoms with Crippen LogP contribution in [0.5, 0.6) is 0 Å². The fourth-order valence-electron chi connectivity index (χ4n) is 0.919. The van der Waals surface area contributed by atoms with E-state index in [-0.39, 0.29) is 6.16 Å². The van der Waals surface area contributed by atoms with E-state index in [2.05, 4.69) is 4.67 Å². The van der Waals surface area contributed by atoms with Gasteiger partial charge in [-0.3, -0.25) is 4.57 Å². The largest absolute Gasteiger partial charge is 0.358 e. The molecule has 0 heterocycles. The Morgan fingerprint density at radius 1 is 1.36 bits per heavy atom. The molecule has 1 aromatic rings. The van der Waals surface area contributed by atoms with E-state index in [0.29, 0.717) is 0 Å². The van der Waals surface area contributed by atoms with Crippen LogP contribution in [0.2, 0.25) is 0 Å². The van der Waals surface area contributed by atoms with Crippen molar-refractivity contribution in [2.24, 2.45) is 0 Å². The molecule has 5 heteroatoms. The summed E-state index contributed by atoms with van der Waals surface area (Å²) in [4.78, 5) is 8.83. The van der Waals surface area contributed by atoms with Gasteiger partial charge >= 0.3 is 7.60 Å². The molecule has 0 aliphatic carbocycles. The number of rotatable bonds is 4. The molecule has 76 valence electrons. The highest BCUT2D eigenvalue weighted by atomic mass is 31.2. The third-order valence-electron chi connectivity index (χ3n) is 1.57. The van der Waals surface area contributed by atoms with Gasteiger partial charge in [0.15, 0.2) is 0 Å². The number of hydrogen-bond acceptors (Lipinski definition) is 3. The summed E-state index contributed by atoms with van der Waals surface area (Å²) in [5.74, 6) is 0. The van der Waals surface area contributed by atoms with Crippen molar-refractivity contribution in [3.8, 4) is 0 Å². The van der Waals surface area contributed by atoms with Gasteiger partial charge in [0.05, 0.1) is 6.16 Å². The molecule has 1 rings (SSSR count). The lowest BCUT2D eigenvalue weighted by atomic mass is 10.2. The normalized spacial score (nSPS) is 15.6. The van der Waals surface area contributed by atoms with Gasteiger partial charge in [0, 0.05) is 0 Å². The standard InChI is InChI=1S/C9H11O4P/c10-13-14(11,12)8-4-7-9-5-2-1-3-6-9/h1-7,10H,8H2,(H,11,12). The van der Waals surface area contributed by atoms with Gasteiger partial charge in [-0.05, 0) is 5.56 Å². The summed E-state index contributed by atoms with van der Waals surface area (Å²) in [6.45, 7) is 0. The number of hydrogen-bond donors (Lipinski definition) is 2. The second-order valence-corrected chi connectivity index (χ2v) is 4.52. The lowest BCUT2D eigenvalue weighted by Gasteiger charge is -2.01. The zero-order chi connectivity index (χ0) is 10.4. The molecule has 1 aromatic carbocycles. The molecule has 0 aliphatic heterocycles. The average Bonchev–Trinajstić information content (AvgIpc) is 2.19. The van der Waals surface area contributed by atoms with Gasteiger partial charge in [-0.25, -0.2) is 5.26 Å². The van der Waals surface area contributed by atoms with Crippen molar-refractivity contribution >= 4 is 13.7 Å². The van der Waals surface area contributed by atoms with Crippen molar-refractivity contribution in [1.29, 1.82) is 0 Å². The minimum absolute atomic E-state index is 0.210. The van der Waals surface area contributed by atoms with E-state index in [9.17, 15) is 4.57 Å². The highest BCUT2D eigenvalue weighted by molar-refractivity contribution is 7.52. The minimum Gasteiger partial charge on any atom is -0.323 e. The molecule has 0 bridgehead atoms. The van der Waals surface area contributed by atoms with E-state index in [0.717, 1.165) is 5.56 Å². The molecule has 1 atom stereocenters. The van der Waals surface area contributed by atoms with Crippen LogP contribution in [0.25, 0.3) is 6.08 Å². The number of allylic oxidation sites excluding steroid dienone is 1. The van der Waals surface area contributed by atoms with E-state index in [1.54, 1.807) is 6.08 Å². The molecule has 0 radical (unpaired) electrons. The first-order valence-corrected chi connectivity index (χ1v) is 5.77. The van der Waals surface area contributed by atoms with Crippen molar-refractivity contribution in [3.63, 3.8) is 0 Å². The zero-order valence-corrected chi connectivity index (χ0v) is 8.30. The Labute approximate surface area is 81.9 Å². The lowest BCUT2D eigenvalue weighted by molar-refractivity contribution is -0.145. The SMILES string of the molecule is O=P(O)(CC=Cc1ccccc1)OO. The molecular weight excluding hydrogens is 203 g/mol. The first-order chi connectivity index (χ1) is 6.64. The van der Waals surface area contributed by atoms with Crippen LogP contribution in [0.3, 0.4) is 0 Å². The Hall–Kier alpha value is -0.930. The maximum atomic E-state index is 10.8. The third-order valence-corrected chi connectivity index (χ3v) is 2.50. The van der Waals surface area contributed by atoms with Crippen molar-refractivity contribution in [1.82, 2.24) is 0 Å². The van der Waals surface area contributed by atoms with Gasteiger partial charge in [0.1, 0.15) is 0 Å². The minimum atomic E-state index is -3.84. The summed E-state index contributed by atoms with van der Waals surface area (Å²) in [6.07, 6.45) is 2.95. The molecule has 0 aromatic heterocycles. The zero-order valence-electron chi connectivity index (χ0n) is 7.41. The molecule has 0 amide bonds. The summed E-state index contributed by atoms with van der Waals surface area (Å²) in [5.41, 5.74) is 0.922. The van der Waals surface area contributed by atoms with Gasteiger partial charge in [-0.1, -0.05) is 42.5 Å². The van der Waals surface area contributed by atoms with E-state index < -0.39 is 7.60 Å². The Morgan fingerprint density at radius 3 is 2.57 bits per heavy atom. The van der Waals surface area contributed by atoms with Gasteiger partial charge in [-0.2, -0.15) is 4.67 Å². The Balaban J connectivity index is 2.54. The molecule has 0 aliphatic rings. The average molecular weight is 214 g/mol. The lowest BCUT2D eigenvalue weighted by Crippen LogP contribution is -1.87. The van der Waals surface area contributed by atoms with E-state index in [1.165, 1.54) is 6.08 Å². The topological polar surface area (TPSA) is 66.8 Å². The maximum Gasteiger partial charge on any atom is 0.358 e. The van der Waals surface area contributed by atoms with Crippen LogP contribution in [-0.2, 0) is 9.24 Å². The van der Waals surface area contributed by atoms with Crippen LogP contribution in [0.15, 0.2) is 36.4 Å². The Bertz CT molecular complexity index is 347. The fourth-order valence-corrected chi connectivity index (χ4v) is 1.36. The summed E-state index contributed by atoms with van der Waals surface area (Å²) in [5, 5.41) is 8.04. The summed E-state index contributed by atoms with van der Waals surface area (Å²) in [6, 6.07) is 9.32. The molecule has 1 unspecified atom stereocenters. The molecule has 14 heavy (non-hydrogen) atoms. The van der Waals surface area contributed by atoms with Gasteiger partial charge < -0.3 is 4.89 Å². The number of benzene rings is 1. The second kappa shape index (κ2) is 5.08. The molecule has 0 spiro atoms. The summed E-state index contributed by atoms with van der Waals surface area (Å²) in [7, 11) is -3.84. The van der Waals surface area contributed by atoms with Crippen LogP contribution in [0, 0.1) is 0 Å². The van der Waals surface area contributed by atoms with Gasteiger partial charge in [0.2, 0.25) is 0 Å². The Morgan fingerprint density at radius 2 is 2.00 bits per heavy atom. The predicted molar refractivity (Wildman–Crippen MR) is 53.9 cm³/mol. The van der Waals surface area contributed by atoms with Crippen molar-refractivity contribution < 1.29 is 19.4 Å². The van der Waals surface area contributed by atoms with Crippen molar-refractivity contribution in [2.75, 3.05) is 6.16 Å². The third kappa shape index (κ3) is 3.85. The predicted octanol–water partition coefficient (Wildman–Crippen LogP) is 2.37. The molecule has 2 N–H and O–H groups in total.